The summed E-state index contributed by atoms with van der Waals surface area (Å²) in [6.07, 6.45) is -0.406. The van der Waals surface area contributed by atoms with Gasteiger partial charge in [0.2, 0.25) is 0 Å². The number of ether oxygens (including phenoxy) is 1. The van der Waals surface area contributed by atoms with Crippen molar-refractivity contribution in [3.05, 3.63) is 0 Å². The standard InChI is InChI=1S/C7H8F2O2/c1-3-7(8,9)5-4-6(10)11-2/h3H2,1-2H3. The first-order valence-electron chi connectivity index (χ1n) is 3.01. The number of carbonyl (C=O) groups is 1. The van der Waals surface area contributed by atoms with Crippen molar-refractivity contribution >= 4 is 5.97 Å². The fourth-order valence-electron chi connectivity index (χ4n) is 0.282. The van der Waals surface area contributed by atoms with Gasteiger partial charge in [0.1, 0.15) is 0 Å². The average molecular weight is 162 g/mol. The Morgan fingerprint density at radius 3 is 2.55 bits per heavy atom. The fraction of sp³-hybridized carbons (Fsp3) is 0.571. The van der Waals surface area contributed by atoms with Crippen molar-refractivity contribution in [1.82, 2.24) is 0 Å². The predicted molar refractivity (Wildman–Crippen MR) is 35.0 cm³/mol. The molecule has 0 spiro atoms. The molecule has 0 radical (unpaired) electrons. The van der Waals surface area contributed by atoms with Gasteiger partial charge >= 0.3 is 11.9 Å². The van der Waals surface area contributed by atoms with Crippen LogP contribution < -0.4 is 0 Å². The largest absolute Gasteiger partial charge is 0.459 e. The van der Waals surface area contributed by atoms with Gasteiger partial charge in [-0.1, -0.05) is 6.92 Å². The van der Waals surface area contributed by atoms with Gasteiger partial charge in [-0.3, -0.25) is 0 Å². The Balaban J connectivity index is 4.16. The zero-order valence-electron chi connectivity index (χ0n) is 6.28. The first kappa shape index (κ1) is 9.89. The third kappa shape index (κ3) is 4.31. The number of hydrogen-bond donors (Lipinski definition) is 0. The Bertz CT molecular complexity index is 200. The van der Waals surface area contributed by atoms with Gasteiger partial charge in [0.25, 0.3) is 0 Å². The first-order chi connectivity index (χ1) is 5.02. The SMILES string of the molecule is CCC(F)(F)C#CC(=O)OC. The number of esters is 1. The molecule has 0 aromatic heterocycles. The molecule has 0 unspecified atom stereocenters. The normalized spacial score (nSPS) is 9.82. The Kier molecular flexibility index (Phi) is 3.52. The van der Waals surface area contributed by atoms with Crippen molar-refractivity contribution in [3.63, 3.8) is 0 Å². The molecule has 0 amide bonds. The van der Waals surface area contributed by atoms with Gasteiger partial charge in [-0.05, 0) is 5.92 Å². The Morgan fingerprint density at radius 1 is 1.64 bits per heavy atom. The van der Waals surface area contributed by atoms with Gasteiger partial charge in [-0.15, -0.1) is 0 Å². The molecule has 0 aliphatic carbocycles. The molecule has 0 fully saturated rings. The number of alkyl halides is 2. The number of carbonyl (C=O) groups excluding carboxylic acids is 1. The molecule has 0 aliphatic heterocycles. The van der Waals surface area contributed by atoms with E-state index in [0.717, 1.165) is 7.11 Å². The Hall–Kier alpha value is -1.11. The van der Waals surface area contributed by atoms with Crippen LogP contribution in [0.1, 0.15) is 13.3 Å². The zero-order valence-corrected chi connectivity index (χ0v) is 6.28. The van der Waals surface area contributed by atoms with Crippen molar-refractivity contribution < 1.29 is 18.3 Å². The van der Waals surface area contributed by atoms with Gasteiger partial charge in [-0.2, -0.15) is 8.78 Å². The third-order valence-electron chi connectivity index (χ3n) is 0.977. The van der Waals surface area contributed by atoms with Crippen LogP contribution in [-0.4, -0.2) is 19.0 Å². The number of methoxy groups -OCH3 is 1. The van der Waals surface area contributed by atoms with E-state index in [1.54, 1.807) is 5.92 Å². The predicted octanol–water partition coefficient (Wildman–Crippen LogP) is 1.21. The smallest absolute Gasteiger partial charge is 0.384 e. The summed E-state index contributed by atoms with van der Waals surface area (Å²) < 4.78 is 28.6. The van der Waals surface area contributed by atoms with Crippen LogP contribution in [-0.2, 0) is 9.53 Å². The average Bonchev–Trinajstić information content (AvgIpc) is 2.00. The molecule has 4 heteroatoms. The van der Waals surface area contributed by atoms with Gasteiger partial charge < -0.3 is 4.74 Å². The van der Waals surface area contributed by atoms with Crippen LogP contribution in [0.3, 0.4) is 0 Å². The molecule has 0 N–H and O–H groups in total. The summed E-state index contributed by atoms with van der Waals surface area (Å²) in [7, 11) is 1.08. The third-order valence-corrected chi connectivity index (χ3v) is 0.977. The van der Waals surface area contributed by atoms with Crippen LogP contribution in [0, 0.1) is 11.8 Å². The van der Waals surface area contributed by atoms with Gasteiger partial charge in [0.05, 0.1) is 7.11 Å². The van der Waals surface area contributed by atoms with E-state index in [9.17, 15) is 13.6 Å². The fourth-order valence-corrected chi connectivity index (χ4v) is 0.282. The summed E-state index contributed by atoms with van der Waals surface area (Å²) in [5.74, 6) is -0.871. The Labute approximate surface area is 63.5 Å². The highest BCUT2D eigenvalue weighted by Gasteiger charge is 2.22. The van der Waals surface area contributed by atoms with Crippen molar-refractivity contribution in [2.24, 2.45) is 0 Å². The second-order valence-electron chi connectivity index (χ2n) is 1.80. The molecule has 2 nitrogen and oxygen atoms in total. The second-order valence-corrected chi connectivity index (χ2v) is 1.80. The van der Waals surface area contributed by atoms with E-state index in [0.29, 0.717) is 0 Å². The molecule has 0 atom stereocenters. The van der Waals surface area contributed by atoms with Crippen LogP contribution in [0.2, 0.25) is 0 Å². The minimum absolute atomic E-state index is 0.406. The maximum absolute atomic E-state index is 12.3. The van der Waals surface area contributed by atoms with E-state index in [2.05, 4.69) is 4.74 Å². The first-order valence-corrected chi connectivity index (χ1v) is 3.01. The quantitative estimate of drug-likeness (QED) is 0.329. The van der Waals surface area contributed by atoms with Crippen LogP contribution in [0.25, 0.3) is 0 Å². The highest BCUT2D eigenvalue weighted by atomic mass is 19.3. The lowest BCUT2D eigenvalue weighted by molar-refractivity contribution is -0.133. The molecule has 0 saturated carbocycles. The van der Waals surface area contributed by atoms with E-state index in [4.69, 9.17) is 0 Å². The van der Waals surface area contributed by atoms with Crippen molar-refractivity contribution in [2.75, 3.05) is 7.11 Å². The topological polar surface area (TPSA) is 26.3 Å². The molecule has 0 aromatic carbocycles. The van der Waals surface area contributed by atoms with Crippen LogP contribution in [0.15, 0.2) is 0 Å². The Morgan fingerprint density at radius 2 is 2.18 bits per heavy atom. The molecule has 0 aliphatic rings. The molecule has 0 heterocycles. The summed E-state index contributed by atoms with van der Waals surface area (Å²) in [5, 5.41) is 0. The van der Waals surface area contributed by atoms with E-state index in [-0.39, 0.29) is 0 Å². The summed E-state index contributed by atoms with van der Waals surface area (Å²) in [4.78, 5) is 10.2. The minimum Gasteiger partial charge on any atom is -0.459 e. The van der Waals surface area contributed by atoms with E-state index in [1.807, 2.05) is 0 Å². The van der Waals surface area contributed by atoms with Crippen LogP contribution >= 0.6 is 0 Å². The zero-order chi connectivity index (χ0) is 8.91. The summed E-state index contributed by atoms with van der Waals surface area (Å²) in [6.45, 7) is 1.28. The lowest BCUT2D eigenvalue weighted by Gasteiger charge is -2.02. The van der Waals surface area contributed by atoms with Crippen molar-refractivity contribution in [2.45, 2.75) is 19.3 Å². The molecular weight excluding hydrogens is 154 g/mol. The lowest BCUT2D eigenvalue weighted by atomic mass is 10.3. The monoisotopic (exact) mass is 162 g/mol. The molecule has 62 valence electrons. The highest BCUT2D eigenvalue weighted by Crippen LogP contribution is 2.15. The summed E-state index contributed by atoms with van der Waals surface area (Å²) in [5.41, 5.74) is 0. The molecule has 0 rings (SSSR count). The number of rotatable bonds is 1. The summed E-state index contributed by atoms with van der Waals surface area (Å²) >= 11 is 0. The van der Waals surface area contributed by atoms with E-state index < -0.39 is 18.3 Å². The van der Waals surface area contributed by atoms with E-state index >= 15 is 0 Å². The van der Waals surface area contributed by atoms with Gasteiger partial charge in [0, 0.05) is 12.3 Å². The maximum Gasteiger partial charge on any atom is 0.384 e. The second kappa shape index (κ2) is 3.91. The minimum atomic E-state index is -3.09. The molecular formula is C7H8F2O2. The number of hydrogen-bond acceptors (Lipinski definition) is 2. The lowest BCUT2D eigenvalue weighted by Crippen LogP contribution is -2.11. The van der Waals surface area contributed by atoms with E-state index in [1.165, 1.54) is 12.8 Å². The molecule has 11 heavy (non-hydrogen) atoms. The highest BCUT2D eigenvalue weighted by molar-refractivity contribution is 5.88. The van der Waals surface area contributed by atoms with Gasteiger partial charge in [0.15, 0.2) is 0 Å². The summed E-state index contributed by atoms with van der Waals surface area (Å²) in [6, 6.07) is 0. The van der Waals surface area contributed by atoms with Gasteiger partial charge in [-0.25, -0.2) is 4.79 Å². The van der Waals surface area contributed by atoms with Crippen molar-refractivity contribution in [3.8, 4) is 11.8 Å². The van der Waals surface area contributed by atoms with Crippen LogP contribution in [0.5, 0.6) is 0 Å². The molecule has 0 aromatic rings. The molecule has 0 bridgehead atoms. The van der Waals surface area contributed by atoms with Crippen molar-refractivity contribution in [1.29, 1.82) is 0 Å². The maximum atomic E-state index is 12.3. The number of halogens is 2. The van der Waals surface area contributed by atoms with Crippen LogP contribution in [0.4, 0.5) is 8.78 Å². The molecule has 0 saturated heterocycles.